The van der Waals surface area contributed by atoms with Crippen molar-refractivity contribution in [3.05, 3.63) is 66.3 Å². The quantitative estimate of drug-likeness (QED) is 0.364. The van der Waals surface area contributed by atoms with Gasteiger partial charge in [0.2, 0.25) is 0 Å². The van der Waals surface area contributed by atoms with Crippen LogP contribution in [-0.2, 0) is 22.3 Å². The maximum absolute atomic E-state index is 13.2. The number of amides is 2. The number of rotatable bonds is 5. The molecule has 2 amide bonds. The third-order valence-electron chi connectivity index (χ3n) is 5.13. The van der Waals surface area contributed by atoms with E-state index in [1.54, 1.807) is 13.0 Å². The van der Waals surface area contributed by atoms with E-state index in [0.717, 1.165) is 17.0 Å². The minimum Gasteiger partial charge on any atom is -0.383 e. The van der Waals surface area contributed by atoms with Crippen molar-refractivity contribution in [2.24, 2.45) is 0 Å². The second kappa shape index (κ2) is 9.32. The fraction of sp³-hybridized carbons (Fsp3) is 0.190. The molecular weight excluding hydrogens is 467 g/mol. The maximum atomic E-state index is 13.2. The Kier molecular flexibility index (Phi) is 6.27. The average Bonchev–Trinajstić information content (AvgIpc) is 3.35. The fourth-order valence-electron chi connectivity index (χ4n) is 3.27. The van der Waals surface area contributed by atoms with E-state index in [2.05, 4.69) is 35.5 Å². The normalized spacial score (nSPS) is 12.3. The molecule has 0 radical (unpaired) electrons. The van der Waals surface area contributed by atoms with Gasteiger partial charge >= 0.3 is 18.0 Å². The monoisotopic (exact) mass is 485 g/mol. The number of hydrogen-bond acceptors (Lipinski definition) is 8. The van der Waals surface area contributed by atoms with Gasteiger partial charge in [0.1, 0.15) is 11.6 Å². The average molecular weight is 485 g/mol. The zero-order chi connectivity index (χ0) is 25.2. The number of nitrogens with one attached hydrogen (secondary N) is 2. The predicted octanol–water partition coefficient (Wildman–Crippen LogP) is 2.47. The van der Waals surface area contributed by atoms with Crippen molar-refractivity contribution < 1.29 is 22.8 Å². The number of pyridine rings is 2. The number of carbonyl (C=O) groups is 2. The number of anilines is 2. The molecule has 14 heteroatoms. The second-order valence-electron chi connectivity index (χ2n) is 7.42. The van der Waals surface area contributed by atoms with Gasteiger partial charge < -0.3 is 16.0 Å². The summed E-state index contributed by atoms with van der Waals surface area (Å²) in [4.78, 5) is 43.2. The number of nitrogens with two attached hydrogens (primary N) is 1. The van der Waals surface area contributed by atoms with E-state index in [0.29, 0.717) is 17.1 Å². The molecule has 11 nitrogen and oxygen atoms in total. The Balaban J connectivity index is 1.62. The van der Waals surface area contributed by atoms with Crippen LogP contribution in [0.5, 0.6) is 0 Å². The molecule has 0 saturated heterocycles. The van der Waals surface area contributed by atoms with Crippen LogP contribution in [0.25, 0.3) is 10.9 Å². The summed E-state index contributed by atoms with van der Waals surface area (Å²) in [5.74, 6) is -1.60. The molecule has 0 aliphatic heterocycles. The molecule has 0 fully saturated rings. The van der Waals surface area contributed by atoms with Crippen LogP contribution < -0.4 is 11.1 Å². The number of alkyl halides is 3. The van der Waals surface area contributed by atoms with Crippen LogP contribution in [0.1, 0.15) is 30.0 Å². The van der Waals surface area contributed by atoms with Crippen LogP contribution in [0.4, 0.5) is 24.7 Å². The Morgan fingerprint density at radius 2 is 1.86 bits per heavy atom. The lowest BCUT2D eigenvalue weighted by Crippen LogP contribution is -2.41. The van der Waals surface area contributed by atoms with Crippen molar-refractivity contribution in [1.29, 1.82) is 0 Å². The zero-order valence-corrected chi connectivity index (χ0v) is 18.1. The highest BCUT2D eigenvalue weighted by molar-refractivity contribution is 6.40. The van der Waals surface area contributed by atoms with Gasteiger partial charge in [0.25, 0.3) is 0 Å². The third kappa shape index (κ3) is 5.00. The molecule has 4 aromatic rings. The number of hydrogen-bond donors (Lipinski definition) is 3. The van der Waals surface area contributed by atoms with E-state index >= 15 is 0 Å². The summed E-state index contributed by atoms with van der Waals surface area (Å²) < 4.78 is 38.7. The molecule has 1 atom stereocenters. The van der Waals surface area contributed by atoms with E-state index < -0.39 is 29.6 Å². The predicted molar refractivity (Wildman–Crippen MR) is 117 cm³/mol. The van der Waals surface area contributed by atoms with Crippen molar-refractivity contribution >= 4 is 34.2 Å². The second-order valence-corrected chi connectivity index (χ2v) is 7.42. The number of fused-ring (bicyclic) bond motifs is 1. The van der Waals surface area contributed by atoms with Gasteiger partial charge in [-0.05, 0) is 25.1 Å². The molecule has 0 saturated carbocycles. The van der Waals surface area contributed by atoms with Crippen LogP contribution >= 0.6 is 0 Å². The molecule has 0 aliphatic rings. The lowest BCUT2D eigenvalue weighted by atomic mass is 10.2. The summed E-state index contributed by atoms with van der Waals surface area (Å²) in [5.41, 5.74) is 5.52. The Morgan fingerprint density at radius 3 is 2.51 bits per heavy atom. The molecule has 0 aromatic carbocycles. The van der Waals surface area contributed by atoms with Crippen LogP contribution in [0.15, 0.2) is 49.2 Å². The van der Waals surface area contributed by atoms with Gasteiger partial charge in [0.15, 0.2) is 0 Å². The summed E-state index contributed by atoms with van der Waals surface area (Å²) in [5, 5.41) is 9.46. The molecular formula is C21H18F3N9O2. The van der Waals surface area contributed by atoms with Gasteiger partial charge in [-0.1, -0.05) is 0 Å². The third-order valence-corrected chi connectivity index (χ3v) is 5.13. The van der Waals surface area contributed by atoms with Crippen molar-refractivity contribution in [1.82, 2.24) is 35.0 Å². The Morgan fingerprint density at radius 1 is 1.11 bits per heavy atom. The number of H-pyrrole nitrogens is 1. The zero-order valence-electron chi connectivity index (χ0n) is 18.1. The standard InChI is InChI=1S/C21H18F3N9O2/c1-11(18-26-5-2-6-27-18)33(10-13-4-3-12(7-28-13)21(22,23)24)20(35)19(34)31-15-9-29-17(25)14-8-30-32-16(14)15/h2-9,11H,10H2,1H3,(H2,25,29)(H,30,32)(H,31,34)/t11-/m0/s1. The first-order chi connectivity index (χ1) is 16.6. The molecule has 180 valence electrons. The minimum atomic E-state index is -4.56. The fourth-order valence-corrected chi connectivity index (χ4v) is 3.27. The number of aromatic amines is 1. The number of carbonyl (C=O) groups excluding carboxylic acids is 2. The molecule has 0 bridgehead atoms. The van der Waals surface area contributed by atoms with Crippen molar-refractivity contribution in [2.45, 2.75) is 25.7 Å². The van der Waals surface area contributed by atoms with Gasteiger partial charge in [-0.15, -0.1) is 0 Å². The molecule has 4 heterocycles. The van der Waals surface area contributed by atoms with E-state index in [1.165, 1.54) is 24.8 Å². The van der Waals surface area contributed by atoms with Crippen LogP contribution in [0.3, 0.4) is 0 Å². The van der Waals surface area contributed by atoms with Crippen molar-refractivity contribution in [2.75, 3.05) is 11.1 Å². The molecule has 4 aromatic heterocycles. The molecule has 0 spiro atoms. The van der Waals surface area contributed by atoms with Gasteiger partial charge in [-0.3, -0.25) is 19.7 Å². The molecule has 0 aliphatic carbocycles. The summed E-state index contributed by atoms with van der Waals surface area (Å²) >= 11 is 0. The highest BCUT2D eigenvalue weighted by Crippen LogP contribution is 2.29. The number of halogens is 3. The van der Waals surface area contributed by atoms with Crippen molar-refractivity contribution in [3.63, 3.8) is 0 Å². The van der Waals surface area contributed by atoms with Crippen LogP contribution in [-0.4, -0.2) is 46.8 Å². The maximum Gasteiger partial charge on any atom is 0.417 e. The molecule has 4 N–H and O–H groups in total. The molecule has 0 unspecified atom stereocenters. The number of nitrogens with zero attached hydrogens (tertiary/aromatic N) is 6. The lowest BCUT2D eigenvalue weighted by molar-refractivity contribution is -0.145. The van der Waals surface area contributed by atoms with E-state index in [9.17, 15) is 22.8 Å². The van der Waals surface area contributed by atoms with Crippen LogP contribution in [0, 0.1) is 0 Å². The summed E-state index contributed by atoms with van der Waals surface area (Å²) in [6.45, 7) is 1.31. The topological polar surface area (TPSA) is 156 Å². The van der Waals surface area contributed by atoms with Crippen LogP contribution in [0.2, 0.25) is 0 Å². The van der Waals surface area contributed by atoms with Gasteiger partial charge in [0, 0.05) is 18.6 Å². The summed E-state index contributed by atoms with van der Waals surface area (Å²) in [6.07, 6.45) is 1.73. The Labute approximate surface area is 195 Å². The summed E-state index contributed by atoms with van der Waals surface area (Å²) in [7, 11) is 0. The highest BCUT2D eigenvalue weighted by atomic mass is 19.4. The van der Waals surface area contributed by atoms with Gasteiger partial charge in [0.05, 0.1) is 52.8 Å². The van der Waals surface area contributed by atoms with Crippen molar-refractivity contribution in [3.8, 4) is 0 Å². The number of nitrogen functional groups attached to an aromatic ring is 1. The number of aromatic nitrogens is 6. The lowest BCUT2D eigenvalue weighted by Gasteiger charge is -2.27. The first-order valence-corrected chi connectivity index (χ1v) is 10.1. The van der Waals surface area contributed by atoms with Gasteiger partial charge in [-0.25, -0.2) is 15.0 Å². The van der Waals surface area contributed by atoms with Gasteiger partial charge in [-0.2, -0.15) is 18.3 Å². The van der Waals surface area contributed by atoms with E-state index in [4.69, 9.17) is 5.73 Å². The Hall–Kier alpha value is -4.62. The Bertz CT molecular complexity index is 1360. The molecule has 35 heavy (non-hydrogen) atoms. The smallest absolute Gasteiger partial charge is 0.383 e. The highest BCUT2D eigenvalue weighted by Gasteiger charge is 2.32. The largest absolute Gasteiger partial charge is 0.417 e. The summed E-state index contributed by atoms with van der Waals surface area (Å²) in [6, 6.07) is 2.76. The first-order valence-electron chi connectivity index (χ1n) is 10.1. The SMILES string of the molecule is C[C@@H](c1ncccn1)N(Cc1ccc(C(F)(F)F)cn1)C(=O)C(=O)Nc1cnc(N)c2cn[nH]c12. The van der Waals surface area contributed by atoms with E-state index in [1.807, 2.05) is 0 Å². The first kappa shape index (κ1) is 23.5. The minimum absolute atomic E-state index is 0.132. The molecule has 4 rings (SSSR count). The van der Waals surface area contributed by atoms with E-state index in [-0.39, 0.29) is 29.6 Å².